The van der Waals surface area contributed by atoms with E-state index in [0.717, 1.165) is 51.0 Å². The van der Waals surface area contributed by atoms with Gasteiger partial charge in [0.05, 0.1) is 17.3 Å². The van der Waals surface area contributed by atoms with Crippen LogP contribution in [0.25, 0.3) is 0 Å². The zero-order valence-corrected chi connectivity index (χ0v) is 14.5. The van der Waals surface area contributed by atoms with Gasteiger partial charge in [0.2, 0.25) is 5.91 Å². The molecule has 5 nitrogen and oxygen atoms in total. The summed E-state index contributed by atoms with van der Waals surface area (Å²) in [6, 6.07) is 7.61. The van der Waals surface area contributed by atoms with Crippen LogP contribution in [-0.2, 0) is 4.79 Å². The summed E-state index contributed by atoms with van der Waals surface area (Å²) >= 11 is 6.10. The number of nitrogens with zero attached hydrogens (tertiary/aromatic N) is 2. The predicted octanol–water partition coefficient (Wildman–Crippen LogP) is 2.30. The summed E-state index contributed by atoms with van der Waals surface area (Å²) in [4.78, 5) is 14.4. The number of halogens is 1. The lowest BCUT2D eigenvalue weighted by Crippen LogP contribution is -2.45. The van der Waals surface area contributed by atoms with Gasteiger partial charge in [-0.2, -0.15) is 5.26 Å². The SMILES string of the molecule is N#Cc1ccc(Cl)cc1N1CCCC(CNC(=O)C2CCCN2)C1. The topological polar surface area (TPSA) is 68.2 Å². The van der Waals surface area contributed by atoms with Crippen LogP contribution < -0.4 is 15.5 Å². The third-order valence-corrected chi connectivity index (χ3v) is 5.12. The molecule has 128 valence electrons. The quantitative estimate of drug-likeness (QED) is 0.877. The Kier molecular flexibility index (Phi) is 5.60. The van der Waals surface area contributed by atoms with Crippen LogP contribution in [-0.4, -0.2) is 38.1 Å². The van der Waals surface area contributed by atoms with E-state index in [9.17, 15) is 10.1 Å². The maximum Gasteiger partial charge on any atom is 0.237 e. The second-order valence-corrected chi connectivity index (χ2v) is 7.06. The Balaban J connectivity index is 1.59. The van der Waals surface area contributed by atoms with Gasteiger partial charge in [0.15, 0.2) is 0 Å². The zero-order valence-electron chi connectivity index (χ0n) is 13.7. The third kappa shape index (κ3) is 4.00. The molecule has 0 aromatic heterocycles. The van der Waals surface area contributed by atoms with Crippen molar-refractivity contribution in [2.75, 3.05) is 31.1 Å². The molecule has 2 heterocycles. The maximum absolute atomic E-state index is 12.1. The standard InChI is InChI=1S/C18H23ClN4O/c19-15-6-5-14(10-20)17(9-15)23-8-2-3-13(12-23)11-22-18(24)16-4-1-7-21-16/h5-6,9,13,16,21H,1-4,7-8,11-12H2,(H,22,24). The first-order valence-electron chi connectivity index (χ1n) is 8.63. The second kappa shape index (κ2) is 7.87. The van der Waals surface area contributed by atoms with E-state index in [4.69, 9.17) is 11.6 Å². The van der Waals surface area contributed by atoms with E-state index in [1.807, 2.05) is 6.07 Å². The van der Waals surface area contributed by atoms with Crippen LogP contribution in [0.2, 0.25) is 5.02 Å². The summed E-state index contributed by atoms with van der Waals surface area (Å²) in [5.41, 5.74) is 1.55. The lowest BCUT2D eigenvalue weighted by molar-refractivity contribution is -0.122. The first-order valence-corrected chi connectivity index (χ1v) is 9.01. The fourth-order valence-corrected chi connectivity index (χ4v) is 3.75. The fraction of sp³-hybridized carbons (Fsp3) is 0.556. The Labute approximate surface area is 148 Å². The molecule has 0 spiro atoms. The van der Waals surface area contributed by atoms with Crippen molar-refractivity contribution < 1.29 is 4.79 Å². The van der Waals surface area contributed by atoms with Crippen LogP contribution in [0.5, 0.6) is 0 Å². The number of piperidine rings is 1. The molecule has 0 aliphatic carbocycles. The molecule has 0 bridgehead atoms. The Morgan fingerprint density at radius 1 is 1.42 bits per heavy atom. The number of amides is 1. The first-order chi connectivity index (χ1) is 11.7. The van der Waals surface area contributed by atoms with E-state index in [1.54, 1.807) is 12.1 Å². The molecular weight excluding hydrogens is 324 g/mol. The molecule has 6 heteroatoms. The smallest absolute Gasteiger partial charge is 0.237 e. The summed E-state index contributed by atoms with van der Waals surface area (Å²) in [5, 5.41) is 16.3. The normalized spacial score (nSPS) is 23.8. The van der Waals surface area contributed by atoms with Gasteiger partial charge in [0, 0.05) is 24.7 Å². The molecule has 2 aliphatic rings. The molecule has 2 saturated heterocycles. The Bertz CT molecular complexity index is 636. The van der Waals surface area contributed by atoms with Crippen molar-refractivity contribution in [1.29, 1.82) is 5.26 Å². The minimum Gasteiger partial charge on any atom is -0.370 e. The highest BCUT2D eigenvalue weighted by molar-refractivity contribution is 6.30. The van der Waals surface area contributed by atoms with Gasteiger partial charge < -0.3 is 15.5 Å². The number of carbonyl (C=O) groups excluding carboxylic acids is 1. The Hall–Kier alpha value is -1.77. The molecule has 0 radical (unpaired) electrons. The molecule has 1 aromatic rings. The lowest BCUT2D eigenvalue weighted by atomic mass is 9.96. The van der Waals surface area contributed by atoms with Crippen LogP contribution in [0.4, 0.5) is 5.69 Å². The number of rotatable bonds is 4. The molecule has 1 aromatic carbocycles. The number of nitrogens with one attached hydrogen (secondary N) is 2. The van der Waals surface area contributed by atoms with Crippen LogP contribution >= 0.6 is 11.6 Å². The minimum absolute atomic E-state index is 0.0252. The molecular formula is C18H23ClN4O. The molecule has 24 heavy (non-hydrogen) atoms. The van der Waals surface area contributed by atoms with E-state index in [-0.39, 0.29) is 11.9 Å². The van der Waals surface area contributed by atoms with Crippen molar-refractivity contribution in [1.82, 2.24) is 10.6 Å². The largest absolute Gasteiger partial charge is 0.370 e. The molecule has 2 fully saturated rings. The zero-order chi connectivity index (χ0) is 16.9. The average Bonchev–Trinajstić information content (AvgIpc) is 3.14. The number of benzene rings is 1. The van der Waals surface area contributed by atoms with Gasteiger partial charge >= 0.3 is 0 Å². The van der Waals surface area contributed by atoms with Gasteiger partial charge in [0.1, 0.15) is 6.07 Å². The first kappa shape index (κ1) is 17.1. The second-order valence-electron chi connectivity index (χ2n) is 6.62. The van der Waals surface area contributed by atoms with E-state index < -0.39 is 0 Å². The molecule has 1 amide bonds. The number of hydrogen-bond acceptors (Lipinski definition) is 4. The van der Waals surface area contributed by atoms with Crippen molar-refractivity contribution >= 4 is 23.2 Å². The highest BCUT2D eigenvalue weighted by atomic mass is 35.5. The third-order valence-electron chi connectivity index (χ3n) is 4.88. The monoisotopic (exact) mass is 346 g/mol. The Morgan fingerprint density at radius 2 is 2.29 bits per heavy atom. The summed E-state index contributed by atoms with van der Waals surface area (Å²) in [7, 11) is 0. The average molecular weight is 347 g/mol. The van der Waals surface area contributed by atoms with Crippen LogP contribution in [0, 0.1) is 17.2 Å². The fourth-order valence-electron chi connectivity index (χ4n) is 3.59. The summed E-state index contributed by atoms with van der Waals surface area (Å²) in [6.07, 6.45) is 4.15. The highest BCUT2D eigenvalue weighted by Crippen LogP contribution is 2.28. The minimum atomic E-state index is -0.0252. The van der Waals surface area contributed by atoms with E-state index >= 15 is 0 Å². The van der Waals surface area contributed by atoms with Crippen molar-refractivity contribution in [3.8, 4) is 6.07 Å². The van der Waals surface area contributed by atoms with Crippen molar-refractivity contribution in [3.63, 3.8) is 0 Å². The number of nitriles is 1. The summed E-state index contributed by atoms with van der Waals surface area (Å²) in [6.45, 7) is 3.38. The van der Waals surface area contributed by atoms with Crippen molar-refractivity contribution in [3.05, 3.63) is 28.8 Å². The lowest BCUT2D eigenvalue weighted by Gasteiger charge is -2.35. The molecule has 3 rings (SSSR count). The van der Waals surface area contributed by atoms with Gasteiger partial charge in [-0.3, -0.25) is 4.79 Å². The Morgan fingerprint density at radius 3 is 3.04 bits per heavy atom. The van der Waals surface area contributed by atoms with E-state index in [2.05, 4.69) is 21.6 Å². The molecule has 2 unspecified atom stereocenters. The van der Waals surface area contributed by atoms with Gasteiger partial charge in [-0.15, -0.1) is 0 Å². The van der Waals surface area contributed by atoms with E-state index in [1.165, 1.54) is 0 Å². The van der Waals surface area contributed by atoms with Gasteiger partial charge in [0.25, 0.3) is 0 Å². The van der Waals surface area contributed by atoms with Crippen molar-refractivity contribution in [2.45, 2.75) is 31.7 Å². The number of hydrogen-bond donors (Lipinski definition) is 2. The van der Waals surface area contributed by atoms with Crippen molar-refractivity contribution in [2.24, 2.45) is 5.92 Å². The van der Waals surface area contributed by atoms with Gasteiger partial charge in [-0.1, -0.05) is 11.6 Å². The molecule has 0 saturated carbocycles. The molecule has 2 aliphatic heterocycles. The number of carbonyl (C=O) groups is 1. The molecule has 2 atom stereocenters. The van der Waals surface area contributed by atoms with Crippen LogP contribution in [0.3, 0.4) is 0 Å². The van der Waals surface area contributed by atoms with Crippen LogP contribution in [0.1, 0.15) is 31.2 Å². The summed E-state index contributed by atoms with van der Waals surface area (Å²) in [5.74, 6) is 0.514. The predicted molar refractivity (Wildman–Crippen MR) is 95.1 cm³/mol. The highest BCUT2D eigenvalue weighted by Gasteiger charge is 2.25. The molecule has 2 N–H and O–H groups in total. The maximum atomic E-state index is 12.1. The van der Waals surface area contributed by atoms with E-state index in [0.29, 0.717) is 23.0 Å². The number of anilines is 1. The summed E-state index contributed by atoms with van der Waals surface area (Å²) < 4.78 is 0. The van der Waals surface area contributed by atoms with Gasteiger partial charge in [-0.25, -0.2) is 0 Å². The van der Waals surface area contributed by atoms with Gasteiger partial charge in [-0.05, 0) is 56.3 Å². The van der Waals surface area contributed by atoms with Crippen LogP contribution in [0.15, 0.2) is 18.2 Å².